The molecule has 3 aromatic rings. The van der Waals surface area contributed by atoms with Gasteiger partial charge in [0.15, 0.2) is 0 Å². The van der Waals surface area contributed by atoms with Crippen LogP contribution in [0.4, 0.5) is 0 Å². The van der Waals surface area contributed by atoms with Crippen molar-refractivity contribution in [3.05, 3.63) is 65.5 Å². The molecule has 0 radical (unpaired) electrons. The van der Waals surface area contributed by atoms with Crippen molar-refractivity contribution < 1.29 is 14.6 Å². The Balaban J connectivity index is 1.90. The molecule has 27 heavy (non-hydrogen) atoms. The molecule has 0 bridgehead atoms. The van der Waals surface area contributed by atoms with Gasteiger partial charge in [-0.25, -0.2) is 9.48 Å². The molecule has 0 spiro atoms. The number of carboxylic acids is 1. The predicted molar refractivity (Wildman–Crippen MR) is 103 cm³/mol. The molecule has 1 aromatic heterocycles. The van der Waals surface area contributed by atoms with Crippen molar-refractivity contribution in [2.45, 2.75) is 32.7 Å². The zero-order valence-corrected chi connectivity index (χ0v) is 15.9. The Bertz CT molecular complexity index is 954. The molecule has 6 heteroatoms. The van der Waals surface area contributed by atoms with Crippen molar-refractivity contribution in [2.75, 3.05) is 7.11 Å². The van der Waals surface area contributed by atoms with E-state index in [2.05, 4.69) is 30.9 Å². The molecular weight excluding hydrogens is 342 g/mol. The highest BCUT2D eigenvalue weighted by atomic mass is 16.5. The number of hydrogen-bond donors (Lipinski definition) is 1. The van der Waals surface area contributed by atoms with Crippen LogP contribution in [0.15, 0.2) is 48.5 Å². The third-order valence-electron chi connectivity index (χ3n) is 4.26. The molecule has 2 aromatic carbocycles. The van der Waals surface area contributed by atoms with E-state index < -0.39 is 5.97 Å². The van der Waals surface area contributed by atoms with Crippen LogP contribution >= 0.6 is 0 Å². The minimum atomic E-state index is -0.931. The Morgan fingerprint density at radius 3 is 2.37 bits per heavy atom. The lowest BCUT2D eigenvalue weighted by Crippen LogP contribution is -2.20. The van der Waals surface area contributed by atoms with Crippen LogP contribution in [-0.2, 0) is 12.0 Å². The van der Waals surface area contributed by atoms with Crippen LogP contribution in [0, 0.1) is 0 Å². The Hall–Kier alpha value is -3.15. The van der Waals surface area contributed by atoms with Gasteiger partial charge in [0.2, 0.25) is 0 Å². The van der Waals surface area contributed by atoms with E-state index >= 15 is 0 Å². The molecule has 1 heterocycles. The Morgan fingerprint density at radius 2 is 1.78 bits per heavy atom. The van der Waals surface area contributed by atoms with Gasteiger partial charge in [-0.3, -0.25) is 0 Å². The summed E-state index contributed by atoms with van der Waals surface area (Å²) in [5.74, 6) is -0.0844. The molecular formula is C21H23N3O3. The van der Waals surface area contributed by atoms with Gasteiger partial charge in [-0.15, -0.1) is 5.10 Å². The normalized spacial score (nSPS) is 11.4. The maximum atomic E-state index is 11.4. The summed E-state index contributed by atoms with van der Waals surface area (Å²) in [5.41, 5.74) is 2.74. The fourth-order valence-electron chi connectivity index (χ4n) is 2.96. The van der Waals surface area contributed by atoms with Crippen LogP contribution in [0.1, 0.15) is 42.5 Å². The lowest BCUT2D eigenvalue weighted by molar-refractivity contribution is 0.0697. The van der Waals surface area contributed by atoms with E-state index in [0.717, 1.165) is 17.0 Å². The van der Waals surface area contributed by atoms with E-state index in [1.54, 1.807) is 19.2 Å². The summed E-state index contributed by atoms with van der Waals surface area (Å²) < 4.78 is 7.03. The van der Waals surface area contributed by atoms with Gasteiger partial charge in [-0.05, 0) is 22.8 Å². The molecule has 0 aliphatic carbocycles. The zero-order chi connectivity index (χ0) is 19.6. The average molecular weight is 365 g/mol. The van der Waals surface area contributed by atoms with Crippen molar-refractivity contribution in [1.29, 1.82) is 0 Å². The lowest BCUT2D eigenvalue weighted by Gasteiger charge is -2.18. The fraction of sp³-hybridized carbons (Fsp3) is 0.286. The van der Waals surface area contributed by atoms with Gasteiger partial charge in [0, 0.05) is 5.41 Å². The second kappa shape index (κ2) is 7.23. The first-order valence-corrected chi connectivity index (χ1v) is 8.70. The highest BCUT2D eigenvalue weighted by molar-refractivity contribution is 5.95. The molecule has 0 fully saturated rings. The number of carboxylic acid groups (broad SMARTS) is 1. The van der Waals surface area contributed by atoms with Gasteiger partial charge in [0.05, 0.1) is 19.2 Å². The van der Waals surface area contributed by atoms with Crippen LogP contribution in [-0.4, -0.2) is 33.0 Å². The topological polar surface area (TPSA) is 77.2 Å². The standard InChI is InChI=1S/C21H23N3O3/c1-21(2,3)19-22-20(27-4)23-24(19)13-14-9-11-15(12-10-14)16-7-5-6-8-17(16)18(25)26/h5-12H,13H2,1-4H3,(H,25,26). The van der Waals surface area contributed by atoms with Crippen molar-refractivity contribution in [2.24, 2.45) is 0 Å². The third kappa shape index (κ3) is 4.00. The van der Waals surface area contributed by atoms with Crippen LogP contribution in [0.25, 0.3) is 11.1 Å². The first kappa shape index (κ1) is 18.6. The summed E-state index contributed by atoms with van der Waals surface area (Å²) in [6, 6.07) is 15.2. The first-order valence-electron chi connectivity index (χ1n) is 8.70. The van der Waals surface area contributed by atoms with Crippen LogP contribution < -0.4 is 4.74 Å². The summed E-state index contributed by atoms with van der Waals surface area (Å²) in [5, 5.41) is 13.8. The summed E-state index contributed by atoms with van der Waals surface area (Å²) in [7, 11) is 1.56. The maximum Gasteiger partial charge on any atom is 0.336 e. The van der Waals surface area contributed by atoms with Crippen LogP contribution in [0.2, 0.25) is 0 Å². The highest BCUT2D eigenvalue weighted by Gasteiger charge is 2.23. The Labute approximate surface area is 158 Å². The van der Waals surface area contributed by atoms with E-state index in [9.17, 15) is 9.90 Å². The van der Waals surface area contributed by atoms with Gasteiger partial charge in [-0.2, -0.15) is 4.98 Å². The van der Waals surface area contributed by atoms with E-state index in [1.165, 1.54) is 0 Å². The SMILES string of the molecule is COc1nc(C(C)(C)C)n(Cc2ccc(-c3ccccc3C(=O)O)cc2)n1. The summed E-state index contributed by atoms with van der Waals surface area (Å²) in [6.45, 7) is 6.81. The molecule has 0 aliphatic heterocycles. The summed E-state index contributed by atoms with van der Waals surface area (Å²) in [6.07, 6.45) is 0. The van der Waals surface area contributed by atoms with Gasteiger partial charge in [0.25, 0.3) is 0 Å². The van der Waals surface area contributed by atoms with Crippen molar-refractivity contribution in [3.63, 3.8) is 0 Å². The highest BCUT2D eigenvalue weighted by Crippen LogP contribution is 2.26. The molecule has 6 nitrogen and oxygen atoms in total. The molecule has 0 atom stereocenters. The van der Waals surface area contributed by atoms with Crippen molar-refractivity contribution in [3.8, 4) is 17.1 Å². The molecule has 0 amide bonds. The summed E-state index contributed by atoms with van der Waals surface area (Å²) in [4.78, 5) is 15.9. The number of benzene rings is 2. The van der Waals surface area contributed by atoms with E-state index in [0.29, 0.717) is 23.7 Å². The van der Waals surface area contributed by atoms with Gasteiger partial charge >= 0.3 is 12.0 Å². The minimum Gasteiger partial charge on any atom is -0.478 e. The quantitative estimate of drug-likeness (QED) is 0.739. The molecule has 0 saturated carbocycles. The lowest BCUT2D eigenvalue weighted by atomic mass is 9.95. The van der Waals surface area contributed by atoms with Gasteiger partial charge in [-0.1, -0.05) is 63.2 Å². The van der Waals surface area contributed by atoms with Crippen molar-refractivity contribution >= 4 is 5.97 Å². The van der Waals surface area contributed by atoms with Gasteiger partial charge in [0.1, 0.15) is 5.82 Å². The largest absolute Gasteiger partial charge is 0.478 e. The minimum absolute atomic E-state index is 0.163. The number of nitrogens with zero attached hydrogens (tertiary/aromatic N) is 3. The fourth-order valence-corrected chi connectivity index (χ4v) is 2.96. The van der Waals surface area contributed by atoms with Gasteiger partial charge < -0.3 is 9.84 Å². The molecule has 0 saturated heterocycles. The number of rotatable bonds is 5. The maximum absolute atomic E-state index is 11.4. The monoisotopic (exact) mass is 365 g/mol. The smallest absolute Gasteiger partial charge is 0.336 e. The van der Waals surface area contributed by atoms with E-state index in [-0.39, 0.29) is 5.41 Å². The second-order valence-electron chi connectivity index (χ2n) is 7.38. The van der Waals surface area contributed by atoms with Crippen molar-refractivity contribution in [1.82, 2.24) is 14.8 Å². The number of carbonyl (C=O) groups is 1. The molecule has 1 N–H and O–H groups in total. The number of hydrogen-bond acceptors (Lipinski definition) is 4. The van der Waals surface area contributed by atoms with Crippen LogP contribution in [0.3, 0.4) is 0 Å². The average Bonchev–Trinajstić information content (AvgIpc) is 3.06. The molecule has 0 unspecified atom stereocenters. The first-order chi connectivity index (χ1) is 12.8. The number of ether oxygens (including phenoxy) is 1. The number of methoxy groups -OCH3 is 1. The third-order valence-corrected chi connectivity index (χ3v) is 4.26. The Kier molecular flexibility index (Phi) is 4.99. The second-order valence-corrected chi connectivity index (χ2v) is 7.38. The van der Waals surface area contributed by atoms with E-state index in [1.807, 2.05) is 41.1 Å². The number of aromatic nitrogens is 3. The summed E-state index contributed by atoms with van der Waals surface area (Å²) >= 11 is 0. The zero-order valence-electron chi connectivity index (χ0n) is 15.9. The predicted octanol–water partition coefficient (Wildman–Crippen LogP) is 4.00. The molecule has 3 rings (SSSR count). The van der Waals surface area contributed by atoms with Crippen LogP contribution in [0.5, 0.6) is 6.01 Å². The molecule has 0 aliphatic rings. The molecule has 140 valence electrons. The van der Waals surface area contributed by atoms with E-state index in [4.69, 9.17) is 4.74 Å². The number of aromatic carboxylic acids is 1. The Morgan fingerprint density at radius 1 is 1.11 bits per heavy atom.